The van der Waals surface area contributed by atoms with Gasteiger partial charge in [-0.05, 0) is 44.9 Å². The third-order valence-electron chi connectivity index (χ3n) is 4.97. The van der Waals surface area contributed by atoms with Gasteiger partial charge in [0, 0.05) is 25.2 Å². The first-order valence-corrected chi connectivity index (χ1v) is 9.03. The predicted octanol–water partition coefficient (Wildman–Crippen LogP) is 3.68. The zero-order chi connectivity index (χ0) is 18.3. The topological polar surface area (TPSA) is 90.2 Å². The summed E-state index contributed by atoms with van der Waals surface area (Å²) < 4.78 is 7.35. The Morgan fingerprint density at radius 3 is 2.82 bits per heavy atom. The lowest BCUT2D eigenvalue weighted by molar-refractivity contribution is 0.0743. The summed E-state index contributed by atoms with van der Waals surface area (Å²) in [5, 5.41) is 5.22. The van der Waals surface area contributed by atoms with E-state index in [0.717, 1.165) is 24.8 Å². The van der Waals surface area contributed by atoms with Crippen molar-refractivity contribution in [3.63, 3.8) is 0 Å². The third kappa shape index (κ3) is 3.74. The number of nitrogens with two attached hydrogens (primary N) is 1. The second-order valence-electron chi connectivity index (χ2n) is 6.98. The number of pyridine rings is 1. The van der Waals surface area contributed by atoms with Crippen LogP contribution < -0.4 is 5.73 Å². The highest BCUT2D eigenvalue weighted by Gasteiger charge is 2.30. The molecular formula is C19H25Cl2N5O2. The fourth-order valence-electron chi connectivity index (χ4n) is 3.63. The van der Waals surface area contributed by atoms with Gasteiger partial charge >= 0.3 is 0 Å². The van der Waals surface area contributed by atoms with Crippen molar-refractivity contribution in [3.05, 3.63) is 36.2 Å². The highest BCUT2D eigenvalue weighted by molar-refractivity contribution is 6.06. The monoisotopic (exact) mass is 425 g/mol. The van der Waals surface area contributed by atoms with E-state index >= 15 is 0 Å². The number of halogens is 2. The van der Waals surface area contributed by atoms with Gasteiger partial charge in [0.25, 0.3) is 5.91 Å². The van der Waals surface area contributed by atoms with Crippen LogP contribution >= 0.6 is 24.8 Å². The molecule has 3 aromatic heterocycles. The van der Waals surface area contributed by atoms with E-state index in [9.17, 15) is 4.79 Å². The molecule has 0 saturated carbocycles. The minimum Gasteiger partial charge on any atom is -0.463 e. The number of carbonyl (C=O) groups excluding carboxylic acids is 1. The van der Waals surface area contributed by atoms with Crippen LogP contribution in [0.15, 0.2) is 35.1 Å². The molecule has 1 atom stereocenters. The Hall–Kier alpha value is -2.09. The molecule has 1 amide bonds. The summed E-state index contributed by atoms with van der Waals surface area (Å²) in [4.78, 5) is 19.9. The number of amides is 1. The standard InChI is InChI=1S/C19H23N5O2.2ClH/c1-12(2)24-18-15(11-21-24)14(9-16(22-18)17-6-4-8-26-17)19(25)23-7-3-5-13(23)10-20;;/h4,6,8-9,11-13H,3,5,7,10,20H2,1-2H3;2*1H. The van der Waals surface area contributed by atoms with Crippen molar-refractivity contribution in [2.45, 2.75) is 38.8 Å². The number of aromatic nitrogens is 3. The van der Waals surface area contributed by atoms with E-state index in [2.05, 4.69) is 5.10 Å². The minimum atomic E-state index is -0.0125. The molecule has 0 spiro atoms. The average molecular weight is 426 g/mol. The molecule has 152 valence electrons. The van der Waals surface area contributed by atoms with Crippen LogP contribution in [-0.2, 0) is 0 Å². The van der Waals surface area contributed by atoms with Gasteiger partial charge in [0.05, 0.1) is 23.4 Å². The molecule has 0 bridgehead atoms. The lowest BCUT2D eigenvalue weighted by Crippen LogP contribution is -2.40. The van der Waals surface area contributed by atoms with Gasteiger partial charge in [-0.2, -0.15) is 5.10 Å². The second kappa shape index (κ2) is 8.94. The van der Waals surface area contributed by atoms with Gasteiger partial charge in [0.1, 0.15) is 5.69 Å². The summed E-state index contributed by atoms with van der Waals surface area (Å²) in [6, 6.07) is 5.70. The van der Waals surface area contributed by atoms with E-state index in [0.29, 0.717) is 29.2 Å². The van der Waals surface area contributed by atoms with E-state index in [-0.39, 0.29) is 42.8 Å². The van der Waals surface area contributed by atoms with Gasteiger partial charge in [-0.1, -0.05) is 0 Å². The quantitative estimate of drug-likeness (QED) is 0.688. The normalized spacial score (nSPS) is 16.3. The van der Waals surface area contributed by atoms with Crippen molar-refractivity contribution in [1.29, 1.82) is 0 Å². The number of rotatable bonds is 4. The number of likely N-dealkylation sites (tertiary alicyclic amines) is 1. The zero-order valence-corrected chi connectivity index (χ0v) is 17.5. The highest BCUT2D eigenvalue weighted by atomic mass is 35.5. The summed E-state index contributed by atoms with van der Waals surface area (Å²) in [5.41, 5.74) is 7.80. The molecule has 0 aliphatic carbocycles. The molecule has 1 aliphatic rings. The average Bonchev–Trinajstić information content (AvgIpc) is 3.39. The van der Waals surface area contributed by atoms with Gasteiger partial charge < -0.3 is 15.1 Å². The molecule has 2 N–H and O–H groups in total. The first-order chi connectivity index (χ1) is 12.6. The fraction of sp³-hybridized carbons (Fsp3) is 0.421. The summed E-state index contributed by atoms with van der Waals surface area (Å²) in [7, 11) is 0. The zero-order valence-electron chi connectivity index (χ0n) is 15.9. The van der Waals surface area contributed by atoms with E-state index in [4.69, 9.17) is 15.1 Å². The smallest absolute Gasteiger partial charge is 0.255 e. The molecular weight excluding hydrogens is 401 g/mol. The van der Waals surface area contributed by atoms with Gasteiger partial charge in [-0.25, -0.2) is 9.67 Å². The predicted molar refractivity (Wildman–Crippen MR) is 113 cm³/mol. The molecule has 0 aromatic carbocycles. The van der Waals surface area contributed by atoms with Crippen LogP contribution in [0, 0.1) is 0 Å². The fourth-order valence-corrected chi connectivity index (χ4v) is 3.63. The number of fused-ring (bicyclic) bond motifs is 1. The van der Waals surface area contributed by atoms with Crippen molar-refractivity contribution in [3.8, 4) is 11.5 Å². The SMILES string of the molecule is CC(C)n1ncc2c(C(=O)N3CCCC3CN)cc(-c3ccco3)nc21.Cl.Cl. The Balaban J connectivity index is 0.00000140. The van der Waals surface area contributed by atoms with Crippen LogP contribution in [0.4, 0.5) is 0 Å². The van der Waals surface area contributed by atoms with Gasteiger partial charge in [0.15, 0.2) is 11.4 Å². The van der Waals surface area contributed by atoms with Crippen LogP contribution in [0.5, 0.6) is 0 Å². The van der Waals surface area contributed by atoms with Crippen molar-refractivity contribution >= 4 is 41.8 Å². The maximum Gasteiger partial charge on any atom is 0.255 e. The Morgan fingerprint density at radius 2 is 2.18 bits per heavy atom. The van der Waals surface area contributed by atoms with Crippen molar-refractivity contribution in [2.75, 3.05) is 13.1 Å². The molecule has 1 unspecified atom stereocenters. The van der Waals surface area contributed by atoms with Gasteiger partial charge in [0.2, 0.25) is 0 Å². The Bertz CT molecular complexity index is 939. The Kier molecular flexibility index (Phi) is 7.09. The maximum atomic E-state index is 13.3. The van der Waals surface area contributed by atoms with Crippen molar-refractivity contribution in [2.24, 2.45) is 5.73 Å². The maximum absolute atomic E-state index is 13.3. The van der Waals surface area contributed by atoms with E-state index < -0.39 is 0 Å². The lowest BCUT2D eigenvalue weighted by atomic mass is 10.1. The molecule has 1 aliphatic heterocycles. The van der Waals surface area contributed by atoms with Gasteiger partial charge in [-0.15, -0.1) is 24.8 Å². The van der Waals surface area contributed by atoms with Crippen molar-refractivity contribution < 1.29 is 9.21 Å². The molecule has 4 rings (SSSR count). The van der Waals surface area contributed by atoms with Gasteiger partial charge in [-0.3, -0.25) is 4.79 Å². The van der Waals surface area contributed by atoms with E-state index in [1.54, 1.807) is 12.5 Å². The van der Waals surface area contributed by atoms with Crippen LogP contribution in [0.2, 0.25) is 0 Å². The number of hydrogen-bond donors (Lipinski definition) is 1. The molecule has 9 heteroatoms. The molecule has 0 radical (unpaired) electrons. The highest BCUT2D eigenvalue weighted by Crippen LogP contribution is 2.29. The molecule has 28 heavy (non-hydrogen) atoms. The summed E-state index contributed by atoms with van der Waals surface area (Å²) >= 11 is 0. The largest absolute Gasteiger partial charge is 0.463 e. The van der Waals surface area contributed by atoms with Crippen LogP contribution in [-0.4, -0.2) is 44.7 Å². The first kappa shape index (κ1) is 22.2. The Labute approximate surface area is 176 Å². The van der Waals surface area contributed by atoms with Crippen LogP contribution in [0.3, 0.4) is 0 Å². The molecule has 1 saturated heterocycles. The number of hydrogen-bond acceptors (Lipinski definition) is 5. The summed E-state index contributed by atoms with van der Waals surface area (Å²) in [5.74, 6) is 0.621. The minimum absolute atomic E-state index is 0. The number of carbonyl (C=O) groups is 1. The van der Waals surface area contributed by atoms with Crippen molar-refractivity contribution in [1.82, 2.24) is 19.7 Å². The summed E-state index contributed by atoms with van der Waals surface area (Å²) in [6.07, 6.45) is 5.27. The Morgan fingerprint density at radius 1 is 1.39 bits per heavy atom. The van der Waals surface area contributed by atoms with E-state index in [1.807, 2.05) is 41.6 Å². The molecule has 7 nitrogen and oxygen atoms in total. The molecule has 4 heterocycles. The first-order valence-electron chi connectivity index (χ1n) is 9.03. The number of furan rings is 1. The lowest BCUT2D eigenvalue weighted by Gasteiger charge is -2.24. The molecule has 1 fully saturated rings. The molecule has 3 aromatic rings. The number of nitrogens with zero attached hydrogens (tertiary/aromatic N) is 4. The third-order valence-corrected chi connectivity index (χ3v) is 4.97. The van der Waals surface area contributed by atoms with Crippen LogP contribution in [0.25, 0.3) is 22.5 Å². The second-order valence-corrected chi connectivity index (χ2v) is 6.98. The van der Waals surface area contributed by atoms with Crippen LogP contribution in [0.1, 0.15) is 43.1 Å². The van der Waals surface area contributed by atoms with E-state index in [1.165, 1.54) is 0 Å². The summed E-state index contributed by atoms with van der Waals surface area (Å²) in [6.45, 7) is 5.30.